The van der Waals surface area contributed by atoms with Gasteiger partial charge in [0.15, 0.2) is 0 Å². The molecule has 1 aromatic heterocycles. The molecule has 1 N–H and O–H groups in total. The Morgan fingerprint density at radius 3 is 2.73 bits per heavy atom. The van der Waals surface area contributed by atoms with Crippen LogP contribution in [0.4, 0.5) is 0 Å². The number of nitrogens with one attached hydrogen (secondary N) is 1. The minimum atomic E-state index is 0.440. The van der Waals surface area contributed by atoms with Gasteiger partial charge in [-0.15, -0.1) is 0 Å². The number of piperidine rings is 1. The van der Waals surface area contributed by atoms with Crippen molar-refractivity contribution in [3.8, 4) is 0 Å². The van der Waals surface area contributed by atoms with Crippen LogP contribution in [0.3, 0.4) is 0 Å². The van der Waals surface area contributed by atoms with E-state index in [4.69, 9.17) is 11.6 Å². The van der Waals surface area contributed by atoms with Gasteiger partial charge < -0.3 is 5.32 Å². The number of rotatable bonds is 2. The third-order valence-corrected chi connectivity index (χ3v) is 3.28. The van der Waals surface area contributed by atoms with Crippen molar-refractivity contribution in [2.24, 2.45) is 0 Å². The van der Waals surface area contributed by atoms with Crippen LogP contribution in [0.15, 0.2) is 6.20 Å². The monoisotopic (exact) mass is 227 g/mol. The maximum atomic E-state index is 6.16. The van der Waals surface area contributed by atoms with Crippen LogP contribution in [0.25, 0.3) is 0 Å². The minimum Gasteiger partial charge on any atom is -0.317 e. The zero-order chi connectivity index (χ0) is 10.8. The Balaban J connectivity index is 2.26. The fourth-order valence-electron chi connectivity index (χ4n) is 2.23. The van der Waals surface area contributed by atoms with E-state index in [9.17, 15) is 0 Å². The van der Waals surface area contributed by atoms with Gasteiger partial charge in [-0.25, -0.2) is 0 Å². The predicted octanol–water partition coefficient (Wildman–Crippen LogP) is 2.58. The van der Waals surface area contributed by atoms with Crippen LogP contribution in [0.5, 0.6) is 0 Å². The lowest BCUT2D eigenvalue weighted by molar-refractivity contribution is 0.332. The second-order valence-corrected chi connectivity index (χ2v) is 4.87. The van der Waals surface area contributed by atoms with Crippen molar-refractivity contribution >= 4 is 11.6 Å². The van der Waals surface area contributed by atoms with Gasteiger partial charge >= 0.3 is 0 Å². The summed E-state index contributed by atoms with van der Waals surface area (Å²) in [5.41, 5.74) is 1.18. The van der Waals surface area contributed by atoms with Crippen molar-refractivity contribution in [1.29, 1.82) is 0 Å². The Morgan fingerprint density at radius 1 is 1.47 bits per heavy atom. The molecule has 3 nitrogen and oxygen atoms in total. The first-order chi connectivity index (χ1) is 7.20. The van der Waals surface area contributed by atoms with Gasteiger partial charge in [0.1, 0.15) is 0 Å². The van der Waals surface area contributed by atoms with Gasteiger partial charge in [-0.05, 0) is 31.8 Å². The molecule has 15 heavy (non-hydrogen) atoms. The van der Waals surface area contributed by atoms with E-state index in [1.54, 1.807) is 6.20 Å². The fraction of sp³-hybridized carbons (Fsp3) is 0.727. The molecule has 4 heteroatoms. The zero-order valence-corrected chi connectivity index (χ0v) is 10.1. The van der Waals surface area contributed by atoms with E-state index in [0.717, 1.165) is 31.0 Å². The van der Waals surface area contributed by atoms with Crippen LogP contribution in [0, 0.1) is 0 Å². The van der Waals surface area contributed by atoms with Crippen LogP contribution in [-0.2, 0) is 0 Å². The third-order valence-electron chi connectivity index (χ3n) is 2.99. The van der Waals surface area contributed by atoms with E-state index in [-0.39, 0.29) is 0 Å². The van der Waals surface area contributed by atoms with Crippen molar-refractivity contribution in [3.05, 3.63) is 16.9 Å². The van der Waals surface area contributed by atoms with Crippen LogP contribution in [-0.4, -0.2) is 22.9 Å². The highest BCUT2D eigenvalue weighted by Gasteiger charge is 2.21. The lowest BCUT2D eigenvalue weighted by Crippen LogP contribution is -2.30. The molecule has 1 aliphatic heterocycles. The van der Waals surface area contributed by atoms with Crippen LogP contribution >= 0.6 is 11.6 Å². The normalized spacial score (nSPS) is 18.7. The van der Waals surface area contributed by atoms with Gasteiger partial charge in [-0.3, -0.25) is 4.68 Å². The quantitative estimate of drug-likeness (QED) is 0.842. The molecular weight excluding hydrogens is 210 g/mol. The standard InChI is InChI=1S/C11H18ClN3/c1-8(2)11-10(12)7-14-15(11)9-3-5-13-6-4-9/h7-9,13H,3-6H2,1-2H3. The number of nitrogens with zero attached hydrogens (tertiary/aromatic N) is 2. The van der Waals surface area contributed by atoms with E-state index in [1.165, 1.54) is 5.69 Å². The molecule has 2 heterocycles. The molecule has 0 amide bonds. The van der Waals surface area contributed by atoms with Crippen molar-refractivity contribution in [2.75, 3.05) is 13.1 Å². The first-order valence-electron chi connectivity index (χ1n) is 5.63. The molecule has 2 rings (SSSR count). The molecular formula is C11H18ClN3. The molecule has 0 spiro atoms. The SMILES string of the molecule is CC(C)c1c(Cl)cnn1C1CCNCC1. The van der Waals surface area contributed by atoms with Gasteiger partial charge in [0.05, 0.1) is 23.0 Å². The maximum absolute atomic E-state index is 6.16. The van der Waals surface area contributed by atoms with E-state index in [2.05, 4.69) is 28.9 Å². The third kappa shape index (κ3) is 2.18. The molecule has 1 saturated heterocycles. The second-order valence-electron chi connectivity index (χ2n) is 4.46. The molecule has 84 valence electrons. The highest BCUT2D eigenvalue weighted by molar-refractivity contribution is 6.31. The molecule has 0 atom stereocenters. The van der Waals surface area contributed by atoms with E-state index in [0.29, 0.717) is 12.0 Å². The van der Waals surface area contributed by atoms with Crippen molar-refractivity contribution in [1.82, 2.24) is 15.1 Å². The van der Waals surface area contributed by atoms with Crippen LogP contribution in [0.2, 0.25) is 5.02 Å². The summed E-state index contributed by atoms with van der Waals surface area (Å²) in [6.45, 7) is 6.50. The number of aromatic nitrogens is 2. The van der Waals surface area contributed by atoms with Gasteiger partial charge in [0.2, 0.25) is 0 Å². The molecule has 0 saturated carbocycles. The predicted molar refractivity (Wildman–Crippen MR) is 62.5 cm³/mol. The summed E-state index contributed by atoms with van der Waals surface area (Å²) in [7, 11) is 0. The molecule has 0 bridgehead atoms. The first kappa shape index (κ1) is 11.0. The molecule has 0 aromatic carbocycles. The summed E-state index contributed by atoms with van der Waals surface area (Å²) in [6.07, 6.45) is 4.08. The molecule has 0 aliphatic carbocycles. The Labute approximate surface area is 95.8 Å². The largest absolute Gasteiger partial charge is 0.317 e. The maximum Gasteiger partial charge on any atom is 0.0820 e. The number of halogens is 1. The summed E-state index contributed by atoms with van der Waals surface area (Å²) in [5, 5.41) is 8.59. The smallest absolute Gasteiger partial charge is 0.0820 e. The van der Waals surface area contributed by atoms with Crippen molar-refractivity contribution < 1.29 is 0 Å². The highest BCUT2D eigenvalue weighted by atomic mass is 35.5. The minimum absolute atomic E-state index is 0.440. The summed E-state index contributed by atoms with van der Waals surface area (Å²) < 4.78 is 2.13. The first-order valence-corrected chi connectivity index (χ1v) is 6.01. The Kier molecular flexibility index (Phi) is 3.32. The highest BCUT2D eigenvalue weighted by Crippen LogP contribution is 2.29. The topological polar surface area (TPSA) is 29.9 Å². The lowest BCUT2D eigenvalue weighted by atomic mass is 10.0. The van der Waals surface area contributed by atoms with Crippen LogP contribution in [0.1, 0.15) is 44.3 Å². The summed E-state index contributed by atoms with van der Waals surface area (Å²) in [5.74, 6) is 0.440. The van der Waals surface area contributed by atoms with Crippen molar-refractivity contribution in [3.63, 3.8) is 0 Å². The van der Waals surface area contributed by atoms with E-state index < -0.39 is 0 Å². The Hall–Kier alpha value is -0.540. The van der Waals surface area contributed by atoms with Gasteiger partial charge in [0, 0.05) is 0 Å². The molecule has 0 radical (unpaired) electrons. The molecule has 1 aliphatic rings. The van der Waals surface area contributed by atoms with E-state index >= 15 is 0 Å². The summed E-state index contributed by atoms with van der Waals surface area (Å²) >= 11 is 6.16. The Bertz CT molecular complexity index is 327. The fourth-order valence-corrected chi connectivity index (χ4v) is 2.58. The van der Waals surface area contributed by atoms with Crippen molar-refractivity contribution in [2.45, 2.75) is 38.6 Å². The second kappa shape index (κ2) is 4.54. The number of hydrogen-bond acceptors (Lipinski definition) is 2. The van der Waals surface area contributed by atoms with Gasteiger partial charge in [-0.1, -0.05) is 25.4 Å². The summed E-state index contributed by atoms with van der Waals surface area (Å²) in [6, 6.07) is 0.524. The average Bonchev–Trinajstić information content (AvgIpc) is 2.61. The van der Waals surface area contributed by atoms with Gasteiger partial charge in [-0.2, -0.15) is 5.10 Å². The van der Waals surface area contributed by atoms with E-state index in [1.807, 2.05) is 0 Å². The zero-order valence-electron chi connectivity index (χ0n) is 9.33. The Morgan fingerprint density at radius 2 is 2.13 bits per heavy atom. The number of hydrogen-bond donors (Lipinski definition) is 1. The molecule has 1 fully saturated rings. The average molecular weight is 228 g/mol. The van der Waals surface area contributed by atoms with Crippen LogP contribution < -0.4 is 5.32 Å². The van der Waals surface area contributed by atoms with Gasteiger partial charge in [0.25, 0.3) is 0 Å². The molecule has 0 unspecified atom stereocenters. The lowest BCUT2D eigenvalue weighted by Gasteiger charge is -2.25. The summed E-state index contributed by atoms with van der Waals surface area (Å²) in [4.78, 5) is 0. The molecule has 1 aromatic rings.